The summed E-state index contributed by atoms with van der Waals surface area (Å²) in [7, 11) is 2.12. The Labute approximate surface area is 110 Å². The van der Waals surface area contributed by atoms with Crippen molar-refractivity contribution in [3.8, 4) is 0 Å². The van der Waals surface area contributed by atoms with Crippen molar-refractivity contribution >= 4 is 34.0 Å². The fraction of sp³-hybridized carbons (Fsp3) is 0.500. The maximum Gasteiger partial charge on any atom is 0.0600 e. The van der Waals surface area contributed by atoms with Crippen LogP contribution in [0.15, 0.2) is 18.2 Å². The monoisotopic (exact) mass is 332 g/mol. The quantitative estimate of drug-likeness (QED) is 0.668. The largest absolute Gasteiger partial charge is 0.397 e. The normalized spacial score (nSPS) is 17.4. The summed E-state index contributed by atoms with van der Waals surface area (Å²) in [5.41, 5.74) is 8.04. The average molecular weight is 332 g/mol. The van der Waals surface area contributed by atoms with Crippen molar-refractivity contribution < 1.29 is 4.74 Å². The van der Waals surface area contributed by atoms with E-state index in [-0.39, 0.29) is 0 Å². The molecule has 2 N–H and O–H groups in total. The van der Waals surface area contributed by atoms with Crippen molar-refractivity contribution in [2.45, 2.75) is 18.9 Å². The lowest BCUT2D eigenvalue weighted by atomic mass is 10.1. The molecular formula is C12H17IN2O. The molecule has 88 valence electrons. The van der Waals surface area contributed by atoms with Gasteiger partial charge in [-0.3, -0.25) is 0 Å². The molecule has 0 unspecified atom stereocenters. The maximum atomic E-state index is 6.05. The summed E-state index contributed by atoms with van der Waals surface area (Å²) in [6, 6.07) is 6.77. The van der Waals surface area contributed by atoms with Gasteiger partial charge in [0.25, 0.3) is 0 Å². The van der Waals surface area contributed by atoms with E-state index in [1.54, 1.807) is 0 Å². The number of hydrogen-bond acceptors (Lipinski definition) is 3. The van der Waals surface area contributed by atoms with Gasteiger partial charge in [0.05, 0.1) is 11.4 Å². The lowest BCUT2D eigenvalue weighted by Gasteiger charge is -2.33. The van der Waals surface area contributed by atoms with Crippen LogP contribution >= 0.6 is 22.6 Å². The van der Waals surface area contributed by atoms with E-state index >= 15 is 0 Å². The van der Waals surface area contributed by atoms with Crippen LogP contribution in [-0.2, 0) is 4.74 Å². The van der Waals surface area contributed by atoms with Crippen LogP contribution in [0.5, 0.6) is 0 Å². The fourth-order valence-electron chi connectivity index (χ4n) is 2.12. The highest BCUT2D eigenvalue weighted by Crippen LogP contribution is 2.28. The van der Waals surface area contributed by atoms with Crippen LogP contribution in [0.2, 0.25) is 0 Å². The molecule has 16 heavy (non-hydrogen) atoms. The first-order chi connectivity index (χ1) is 7.68. The number of anilines is 2. The van der Waals surface area contributed by atoms with E-state index in [2.05, 4.69) is 46.7 Å². The Morgan fingerprint density at radius 1 is 1.38 bits per heavy atom. The van der Waals surface area contributed by atoms with Crippen LogP contribution in [-0.4, -0.2) is 26.3 Å². The van der Waals surface area contributed by atoms with Crippen LogP contribution in [0.4, 0.5) is 11.4 Å². The Bertz CT molecular complexity index is 364. The van der Waals surface area contributed by atoms with E-state index in [9.17, 15) is 0 Å². The molecule has 0 amide bonds. The number of hydrogen-bond donors (Lipinski definition) is 1. The van der Waals surface area contributed by atoms with E-state index in [0.717, 1.165) is 37.4 Å². The zero-order chi connectivity index (χ0) is 11.5. The lowest BCUT2D eigenvalue weighted by Crippen LogP contribution is -2.37. The molecule has 1 aliphatic heterocycles. The van der Waals surface area contributed by atoms with Crippen LogP contribution < -0.4 is 10.6 Å². The third-order valence-electron chi connectivity index (χ3n) is 3.11. The zero-order valence-corrected chi connectivity index (χ0v) is 11.6. The summed E-state index contributed by atoms with van der Waals surface area (Å²) in [4.78, 5) is 2.29. The van der Waals surface area contributed by atoms with Gasteiger partial charge in [0.1, 0.15) is 0 Å². The van der Waals surface area contributed by atoms with E-state index in [1.165, 1.54) is 3.57 Å². The van der Waals surface area contributed by atoms with Gasteiger partial charge in [-0.15, -0.1) is 0 Å². The summed E-state index contributed by atoms with van der Waals surface area (Å²) >= 11 is 2.28. The average Bonchev–Trinajstić information content (AvgIpc) is 2.29. The maximum absolute atomic E-state index is 6.05. The Kier molecular flexibility index (Phi) is 3.91. The Balaban J connectivity index is 2.15. The van der Waals surface area contributed by atoms with Crippen molar-refractivity contribution in [2.24, 2.45) is 0 Å². The molecule has 0 atom stereocenters. The molecule has 1 aromatic carbocycles. The second kappa shape index (κ2) is 5.23. The highest BCUT2D eigenvalue weighted by molar-refractivity contribution is 14.1. The van der Waals surface area contributed by atoms with Crippen molar-refractivity contribution in [2.75, 3.05) is 30.9 Å². The summed E-state index contributed by atoms with van der Waals surface area (Å²) < 4.78 is 6.56. The number of nitrogens with two attached hydrogens (primary N) is 1. The van der Waals surface area contributed by atoms with Crippen LogP contribution in [0.25, 0.3) is 0 Å². The minimum Gasteiger partial charge on any atom is -0.397 e. The molecule has 3 nitrogen and oxygen atoms in total. The van der Waals surface area contributed by atoms with Crippen molar-refractivity contribution in [1.29, 1.82) is 0 Å². The van der Waals surface area contributed by atoms with E-state index in [4.69, 9.17) is 10.5 Å². The number of benzene rings is 1. The third kappa shape index (κ3) is 2.60. The lowest BCUT2D eigenvalue weighted by molar-refractivity contribution is 0.0855. The first-order valence-corrected chi connectivity index (χ1v) is 6.62. The van der Waals surface area contributed by atoms with Crippen LogP contribution in [0.3, 0.4) is 0 Å². The number of nitrogen functional groups attached to an aromatic ring is 1. The molecule has 0 saturated carbocycles. The van der Waals surface area contributed by atoms with E-state index in [1.807, 2.05) is 6.07 Å². The van der Waals surface area contributed by atoms with Gasteiger partial charge in [0.15, 0.2) is 0 Å². The predicted molar refractivity (Wildman–Crippen MR) is 75.8 cm³/mol. The second-order valence-corrected chi connectivity index (χ2v) is 5.40. The zero-order valence-electron chi connectivity index (χ0n) is 9.45. The molecule has 0 bridgehead atoms. The standard InChI is InChI=1S/C12H17IN2O/c1-15(10-4-6-16-7-5-10)12-3-2-9(13)8-11(12)14/h2-3,8,10H,4-7,14H2,1H3. The number of ether oxygens (including phenoxy) is 1. The molecule has 2 rings (SSSR count). The Morgan fingerprint density at radius 2 is 2.06 bits per heavy atom. The fourth-order valence-corrected chi connectivity index (χ4v) is 2.63. The Morgan fingerprint density at radius 3 is 2.69 bits per heavy atom. The second-order valence-electron chi connectivity index (χ2n) is 4.16. The van der Waals surface area contributed by atoms with Crippen LogP contribution in [0.1, 0.15) is 12.8 Å². The molecule has 0 radical (unpaired) electrons. The highest BCUT2D eigenvalue weighted by atomic mass is 127. The van der Waals surface area contributed by atoms with E-state index < -0.39 is 0 Å². The Hall–Kier alpha value is -0.490. The van der Waals surface area contributed by atoms with Gasteiger partial charge in [0.2, 0.25) is 0 Å². The molecule has 1 fully saturated rings. The number of rotatable bonds is 2. The van der Waals surface area contributed by atoms with Gasteiger partial charge in [-0.25, -0.2) is 0 Å². The van der Waals surface area contributed by atoms with Gasteiger partial charge in [-0.05, 0) is 53.6 Å². The smallest absolute Gasteiger partial charge is 0.0600 e. The molecule has 4 heteroatoms. The predicted octanol–water partition coefficient (Wildman–Crippen LogP) is 2.49. The molecule has 0 spiro atoms. The van der Waals surface area contributed by atoms with Gasteiger partial charge < -0.3 is 15.4 Å². The van der Waals surface area contributed by atoms with Gasteiger partial charge >= 0.3 is 0 Å². The summed E-state index contributed by atoms with van der Waals surface area (Å²) in [6.45, 7) is 1.72. The van der Waals surface area contributed by atoms with Crippen molar-refractivity contribution in [1.82, 2.24) is 0 Å². The van der Waals surface area contributed by atoms with Gasteiger partial charge in [0, 0.05) is 29.9 Å². The van der Waals surface area contributed by atoms with Crippen molar-refractivity contribution in [3.05, 3.63) is 21.8 Å². The van der Waals surface area contributed by atoms with Crippen LogP contribution in [0, 0.1) is 3.57 Å². The summed E-state index contributed by atoms with van der Waals surface area (Å²) in [5, 5.41) is 0. The number of halogens is 1. The molecular weight excluding hydrogens is 315 g/mol. The van der Waals surface area contributed by atoms with Crippen molar-refractivity contribution in [3.63, 3.8) is 0 Å². The first kappa shape index (κ1) is 12.0. The van der Waals surface area contributed by atoms with E-state index in [0.29, 0.717) is 6.04 Å². The first-order valence-electron chi connectivity index (χ1n) is 5.54. The molecule has 1 heterocycles. The molecule has 1 saturated heterocycles. The topological polar surface area (TPSA) is 38.5 Å². The SMILES string of the molecule is CN(c1ccc(I)cc1N)C1CCOCC1. The van der Waals surface area contributed by atoms with Gasteiger partial charge in [-0.2, -0.15) is 0 Å². The highest BCUT2D eigenvalue weighted by Gasteiger charge is 2.19. The number of nitrogens with zero attached hydrogens (tertiary/aromatic N) is 1. The minimum atomic E-state index is 0.552. The summed E-state index contributed by atoms with van der Waals surface area (Å²) in [6.07, 6.45) is 2.17. The molecule has 0 aromatic heterocycles. The molecule has 0 aliphatic carbocycles. The third-order valence-corrected chi connectivity index (χ3v) is 3.78. The summed E-state index contributed by atoms with van der Waals surface area (Å²) in [5.74, 6) is 0. The van der Waals surface area contributed by atoms with Gasteiger partial charge in [-0.1, -0.05) is 0 Å². The minimum absolute atomic E-state index is 0.552. The molecule has 1 aromatic rings. The molecule has 1 aliphatic rings.